The number of carbonyl (C=O) groups excluding carboxylic acids is 3. The van der Waals surface area contributed by atoms with Crippen molar-refractivity contribution in [2.45, 2.75) is 84.3 Å². The van der Waals surface area contributed by atoms with Crippen LogP contribution in [0.3, 0.4) is 0 Å². The molecule has 0 aliphatic carbocycles. The Hall–Kier alpha value is -3.15. The molecule has 6 heteroatoms. The van der Waals surface area contributed by atoms with Gasteiger partial charge in [-0.15, -0.1) is 0 Å². The summed E-state index contributed by atoms with van der Waals surface area (Å²) in [5.74, 6) is -1.72. The SMILES string of the molecule is CCCCCCCCCCCCN(C)C(=O)c1ccc(CNC(=O)C(=O)OCc2ccccc2)cc1. The number of nitrogens with one attached hydrogen (secondary N) is 1. The van der Waals surface area contributed by atoms with Crippen molar-refractivity contribution >= 4 is 17.8 Å². The number of hydrogen-bond acceptors (Lipinski definition) is 4. The molecule has 0 heterocycles. The number of unbranched alkanes of at least 4 members (excludes halogenated alkanes) is 9. The number of ether oxygens (including phenoxy) is 1. The number of esters is 1. The summed E-state index contributed by atoms with van der Waals surface area (Å²) in [6, 6.07) is 16.3. The van der Waals surface area contributed by atoms with Gasteiger partial charge in [0, 0.05) is 25.7 Å². The molecule has 0 aliphatic heterocycles. The zero-order valence-corrected chi connectivity index (χ0v) is 22.0. The molecule has 0 bridgehead atoms. The molecular weight excluding hydrogens is 452 g/mol. The minimum Gasteiger partial charge on any atom is -0.454 e. The van der Waals surface area contributed by atoms with Crippen molar-refractivity contribution in [3.8, 4) is 0 Å². The Bertz CT molecular complexity index is 912. The van der Waals surface area contributed by atoms with Gasteiger partial charge < -0.3 is 15.0 Å². The molecule has 0 saturated heterocycles. The third-order valence-electron chi connectivity index (χ3n) is 6.25. The first kappa shape index (κ1) is 29.1. The van der Waals surface area contributed by atoms with Gasteiger partial charge in [0.25, 0.3) is 5.91 Å². The molecule has 0 atom stereocenters. The standard InChI is InChI=1S/C30H42N2O4/c1-3-4-5-6-7-8-9-10-11-15-22-32(2)29(34)27-20-18-25(19-21-27)23-31-28(33)30(35)36-24-26-16-13-12-14-17-26/h12-14,16-21H,3-11,15,22-24H2,1-2H3,(H,31,33). The Labute approximate surface area is 216 Å². The third-order valence-corrected chi connectivity index (χ3v) is 6.25. The van der Waals surface area contributed by atoms with Gasteiger partial charge in [0.2, 0.25) is 0 Å². The quantitative estimate of drug-likeness (QED) is 0.175. The molecule has 2 aromatic carbocycles. The van der Waals surface area contributed by atoms with Gasteiger partial charge in [0.15, 0.2) is 0 Å². The molecule has 0 unspecified atom stereocenters. The molecule has 0 saturated carbocycles. The molecule has 0 fully saturated rings. The van der Waals surface area contributed by atoms with E-state index in [1.165, 1.54) is 51.4 Å². The molecule has 36 heavy (non-hydrogen) atoms. The summed E-state index contributed by atoms with van der Waals surface area (Å²) >= 11 is 0. The van der Waals surface area contributed by atoms with Crippen LogP contribution in [-0.4, -0.2) is 36.3 Å². The first-order chi connectivity index (χ1) is 17.5. The molecule has 0 radical (unpaired) electrons. The molecule has 1 N–H and O–H groups in total. The van der Waals surface area contributed by atoms with Gasteiger partial charge in [0.05, 0.1) is 0 Å². The smallest absolute Gasteiger partial charge is 0.397 e. The van der Waals surface area contributed by atoms with Crippen molar-refractivity contribution in [1.82, 2.24) is 10.2 Å². The van der Waals surface area contributed by atoms with Crippen LogP contribution in [0.4, 0.5) is 0 Å². The van der Waals surface area contributed by atoms with Crippen molar-refractivity contribution in [2.24, 2.45) is 0 Å². The van der Waals surface area contributed by atoms with Gasteiger partial charge in [-0.25, -0.2) is 4.79 Å². The molecule has 0 aromatic heterocycles. The van der Waals surface area contributed by atoms with Crippen LogP contribution >= 0.6 is 0 Å². The maximum Gasteiger partial charge on any atom is 0.397 e. The largest absolute Gasteiger partial charge is 0.454 e. The van der Waals surface area contributed by atoms with Crippen LogP contribution in [0.2, 0.25) is 0 Å². The maximum absolute atomic E-state index is 12.7. The van der Waals surface area contributed by atoms with E-state index in [2.05, 4.69) is 12.2 Å². The predicted molar refractivity (Wildman–Crippen MR) is 143 cm³/mol. The number of amides is 2. The van der Waals surface area contributed by atoms with Crippen molar-refractivity contribution < 1.29 is 19.1 Å². The summed E-state index contributed by atoms with van der Waals surface area (Å²) < 4.78 is 5.03. The lowest BCUT2D eigenvalue weighted by Crippen LogP contribution is -2.32. The van der Waals surface area contributed by atoms with E-state index >= 15 is 0 Å². The third kappa shape index (κ3) is 11.5. The van der Waals surface area contributed by atoms with Crippen molar-refractivity contribution in [2.75, 3.05) is 13.6 Å². The van der Waals surface area contributed by atoms with Crippen molar-refractivity contribution in [1.29, 1.82) is 0 Å². The average Bonchev–Trinajstić information content (AvgIpc) is 2.91. The Balaban J connectivity index is 1.61. The second-order valence-corrected chi connectivity index (χ2v) is 9.35. The minimum atomic E-state index is -0.917. The predicted octanol–water partition coefficient (Wildman–Crippen LogP) is 6.04. The van der Waals surface area contributed by atoms with Crippen molar-refractivity contribution in [3.63, 3.8) is 0 Å². The Morgan fingerprint density at radius 2 is 1.33 bits per heavy atom. The zero-order chi connectivity index (χ0) is 26.0. The van der Waals surface area contributed by atoms with Crippen LogP contribution in [0.5, 0.6) is 0 Å². The van der Waals surface area contributed by atoms with Gasteiger partial charge in [-0.05, 0) is 29.7 Å². The van der Waals surface area contributed by atoms with Crippen LogP contribution in [0.1, 0.15) is 92.6 Å². The number of hydrogen-bond donors (Lipinski definition) is 1. The summed E-state index contributed by atoms with van der Waals surface area (Å²) in [5, 5.41) is 2.56. The highest BCUT2D eigenvalue weighted by atomic mass is 16.5. The van der Waals surface area contributed by atoms with Crippen LogP contribution in [-0.2, 0) is 27.5 Å². The average molecular weight is 495 g/mol. The van der Waals surface area contributed by atoms with Crippen LogP contribution in [0, 0.1) is 0 Å². The maximum atomic E-state index is 12.7. The van der Waals surface area contributed by atoms with Crippen LogP contribution < -0.4 is 5.32 Å². The summed E-state index contributed by atoms with van der Waals surface area (Å²) in [6.07, 6.45) is 12.7. The number of nitrogens with zero attached hydrogens (tertiary/aromatic N) is 1. The normalized spacial score (nSPS) is 10.6. The fraction of sp³-hybridized carbons (Fsp3) is 0.500. The van der Waals surface area contributed by atoms with E-state index in [9.17, 15) is 14.4 Å². The summed E-state index contributed by atoms with van der Waals surface area (Å²) in [7, 11) is 1.84. The molecular formula is C30H42N2O4. The second kappa shape index (κ2) is 17.3. The Morgan fingerprint density at radius 1 is 0.750 bits per heavy atom. The van der Waals surface area contributed by atoms with Gasteiger partial charge in [-0.1, -0.05) is 107 Å². The summed E-state index contributed by atoms with van der Waals surface area (Å²) in [4.78, 5) is 38.3. The van der Waals surface area contributed by atoms with E-state index in [0.29, 0.717) is 5.56 Å². The number of carbonyl (C=O) groups is 3. The van der Waals surface area contributed by atoms with Gasteiger partial charge in [0.1, 0.15) is 6.61 Å². The fourth-order valence-electron chi connectivity index (χ4n) is 3.97. The highest BCUT2D eigenvalue weighted by molar-refractivity contribution is 6.32. The summed E-state index contributed by atoms with van der Waals surface area (Å²) in [6.45, 7) is 3.23. The molecule has 196 valence electrons. The van der Waals surface area contributed by atoms with Crippen LogP contribution in [0.25, 0.3) is 0 Å². The lowest BCUT2D eigenvalue weighted by atomic mass is 10.1. The number of rotatable bonds is 16. The van der Waals surface area contributed by atoms with Gasteiger partial charge >= 0.3 is 11.9 Å². The van der Waals surface area contributed by atoms with Gasteiger partial charge in [-0.3, -0.25) is 9.59 Å². The molecule has 2 rings (SSSR count). The molecule has 0 aliphatic rings. The second-order valence-electron chi connectivity index (χ2n) is 9.35. The van der Waals surface area contributed by atoms with E-state index in [1.807, 2.05) is 37.4 Å². The fourth-order valence-corrected chi connectivity index (χ4v) is 3.97. The topological polar surface area (TPSA) is 75.7 Å². The van der Waals surface area contributed by atoms with Gasteiger partial charge in [-0.2, -0.15) is 0 Å². The number of benzene rings is 2. The minimum absolute atomic E-state index is 0.00833. The highest BCUT2D eigenvalue weighted by Gasteiger charge is 2.15. The molecule has 6 nitrogen and oxygen atoms in total. The highest BCUT2D eigenvalue weighted by Crippen LogP contribution is 2.12. The zero-order valence-electron chi connectivity index (χ0n) is 22.0. The van der Waals surface area contributed by atoms with E-state index < -0.39 is 11.9 Å². The van der Waals surface area contributed by atoms with Crippen LogP contribution in [0.15, 0.2) is 54.6 Å². The molecule has 0 spiro atoms. The first-order valence-electron chi connectivity index (χ1n) is 13.3. The lowest BCUT2D eigenvalue weighted by molar-refractivity contribution is -0.155. The van der Waals surface area contributed by atoms with E-state index in [1.54, 1.807) is 29.2 Å². The summed E-state index contributed by atoms with van der Waals surface area (Å²) in [5.41, 5.74) is 2.23. The van der Waals surface area contributed by atoms with Crippen molar-refractivity contribution in [3.05, 3.63) is 71.3 Å². The Morgan fingerprint density at radius 3 is 1.94 bits per heavy atom. The van der Waals surface area contributed by atoms with E-state index in [0.717, 1.165) is 30.5 Å². The molecule has 2 aromatic rings. The molecule has 2 amide bonds. The van der Waals surface area contributed by atoms with E-state index in [-0.39, 0.29) is 19.1 Å². The van der Waals surface area contributed by atoms with E-state index in [4.69, 9.17) is 4.74 Å². The monoisotopic (exact) mass is 494 g/mol. The Kier molecular flexibility index (Phi) is 14.0. The first-order valence-corrected chi connectivity index (χ1v) is 13.3. The lowest BCUT2D eigenvalue weighted by Gasteiger charge is -2.17.